The topological polar surface area (TPSA) is 110 Å². The van der Waals surface area contributed by atoms with E-state index in [0.29, 0.717) is 5.56 Å². The van der Waals surface area contributed by atoms with Crippen molar-refractivity contribution >= 4 is 17.9 Å². The quantitative estimate of drug-likeness (QED) is 0.652. The van der Waals surface area contributed by atoms with Gasteiger partial charge in [0.2, 0.25) is 5.60 Å². The average molecular weight is 352 g/mol. The van der Waals surface area contributed by atoms with E-state index in [9.17, 15) is 24.6 Å². The van der Waals surface area contributed by atoms with E-state index >= 15 is 0 Å². The molecule has 0 aromatic heterocycles. The fourth-order valence-electron chi connectivity index (χ4n) is 2.33. The highest BCUT2D eigenvalue weighted by atomic mass is 16.6. The minimum absolute atomic E-state index is 0.0214. The Hall–Kier alpha value is -2.41. The van der Waals surface area contributed by atoms with Crippen LogP contribution < -0.4 is 0 Å². The van der Waals surface area contributed by atoms with E-state index in [4.69, 9.17) is 9.47 Å². The van der Waals surface area contributed by atoms with E-state index in [-0.39, 0.29) is 18.9 Å². The van der Waals surface area contributed by atoms with E-state index in [1.54, 1.807) is 44.2 Å². The lowest BCUT2D eigenvalue weighted by Crippen LogP contribution is -2.54. The lowest BCUT2D eigenvalue weighted by molar-refractivity contribution is -0.191. The van der Waals surface area contributed by atoms with Crippen LogP contribution in [0.4, 0.5) is 0 Å². The molecule has 1 aromatic carbocycles. The van der Waals surface area contributed by atoms with Gasteiger partial charge >= 0.3 is 17.9 Å². The van der Waals surface area contributed by atoms with Gasteiger partial charge in [-0.15, -0.1) is 0 Å². The Balaban J connectivity index is 3.00. The number of aliphatic carboxylic acids is 1. The van der Waals surface area contributed by atoms with Crippen LogP contribution >= 0.6 is 0 Å². The molecule has 2 atom stereocenters. The maximum Gasteiger partial charge on any atom is 0.343 e. The van der Waals surface area contributed by atoms with Crippen LogP contribution in [-0.4, -0.2) is 40.3 Å². The molecule has 0 aliphatic rings. The third kappa shape index (κ3) is 6.19. The second-order valence-corrected chi connectivity index (χ2v) is 6.29. The van der Waals surface area contributed by atoms with Crippen molar-refractivity contribution in [2.75, 3.05) is 6.61 Å². The van der Waals surface area contributed by atoms with Crippen molar-refractivity contribution < 1.29 is 34.1 Å². The van der Waals surface area contributed by atoms with Crippen LogP contribution in [0, 0.1) is 11.8 Å². The Labute approximate surface area is 146 Å². The number of benzene rings is 1. The van der Waals surface area contributed by atoms with Gasteiger partial charge < -0.3 is 19.7 Å². The minimum Gasteiger partial charge on any atom is -0.481 e. The van der Waals surface area contributed by atoms with E-state index < -0.39 is 36.0 Å². The van der Waals surface area contributed by atoms with Crippen molar-refractivity contribution in [2.24, 2.45) is 11.8 Å². The maximum atomic E-state index is 12.5. The SMILES string of the molecule is CC(=O)OC[C@](O)(C(=O)OCc1ccccc1)C(CC(C)C)C(=O)O. The highest BCUT2D eigenvalue weighted by Gasteiger charge is 2.50. The van der Waals surface area contributed by atoms with Gasteiger partial charge in [0.05, 0.1) is 5.92 Å². The number of hydrogen-bond donors (Lipinski definition) is 2. The van der Waals surface area contributed by atoms with Gasteiger partial charge in [0.15, 0.2) is 0 Å². The Morgan fingerprint density at radius 3 is 2.20 bits per heavy atom. The summed E-state index contributed by atoms with van der Waals surface area (Å²) in [5.74, 6) is -4.80. The first kappa shape index (κ1) is 20.6. The number of aliphatic hydroxyl groups is 1. The predicted molar refractivity (Wildman–Crippen MR) is 88.4 cm³/mol. The molecule has 0 amide bonds. The lowest BCUT2D eigenvalue weighted by Gasteiger charge is -2.31. The Bertz CT molecular complexity index is 597. The molecule has 7 heteroatoms. The molecule has 1 rings (SSSR count). The van der Waals surface area contributed by atoms with E-state index in [2.05, 4.69) is 0 Å². The van der Waals surface area contributed by atoms with Crippen molar-refractivity contribution in [2.45, 2.75) is 39.4 Å². The largest absolute Gasteiger partial charge is 0.481 e. The Morgan fingerprint density at radius 2 is 1.72 bits per heavy atom. The summed E-state index contributed by atoms with van der Waals surface area (Å²) in [6, 6.07) is 8.76. The summed E-state index contributed by atoms with van der Waals surface area (Å²) in [6.45, 7) is 3.72. The maximum absolute atomic E-state index is 12.5. The number of rotatable bonds is 9. The van der Waals surface area contributed by atoms with E-state index in [1.807, 2.05) is 0 Å². The summed E-state index contributed by atoms with van der Waals surface area (Å²) in [4.78, 5) is 35.1. The smallest absolute Gasteiger partial charge is 0.343 e. The van der Waals surface area contributed by atoms with Crippen LogP contribution in [0.15, 0.2) is 30.3 Å². The molecular weight excluding hydrogens is 328 g/mol. The zero-order valence-electron chi connectivity index (χ0n) is 14.6. The monoisotopic (exact) mass is 352 g/mol. The van der Waals surface area contributed by atoms with Crippen LogP contribution in [0.5, 0.6) is 0 Å². The molecular formula is C18H24O7. The van der Waals surface area contributed by atoms with Gasteiger partial charge in [-0.3, -0.25) is 9.59 Å². The molecule has 25 heavy (non-hydrogen) atoms. The molecule has 0 spiro atoms. The zero-order chi connectivity index (χ0) is 19.0. The van der Waals surface area contributed by atoms with Gasteiger partial charge in [0.1, 0.15) is 13.2 Å². The summed E-state index contributed by atoms with van der Waals surface area (Å²) < 4.78 is 9.83. The molecule has 0 saturated heterocycles. The second kappa shape index (κ2) is 9.17. The summed E-state index contributed by atoms with van der Waals surface area (Å²) in [5.41, 5.74) is -1.78. The first-order chi connectivity index (χ1) is 11.7. The standard InChI is InChI=1S/C18H24O7/c1-12(2)9-15(16(20)21)18(23,11-25-13(3)19)17(22)24-10-14-7-5-4-6-8-14/h4-8,12,15,23H,9-11H2,1-3H3,(H,20,21)/t15?,18-/m1/s1. The normalized spacial score (nSPS) is 14.4. The molecule has 0 saturated carbocycles. The molecule has 1 aromatic rings. The fraction of sp³-hybridized carbons (Fsp3) is 0.500. The number of carbonyl (C=O) groups is 3. The Kier molecular flexibility index (Phi) is 7.57. The molecule has 7 nitrogen and oxygen atoms in total. The number of carboxylic acids is 1. The number of ether oxygens (including phenoxy) is 2. The molecule has 0 bridgehead atoms. The number of hydrogen-bond acceptors (Lipinski definition) is 6. The van der Waals surface area contributed by atoms with Crippen molar-refractivity contribution in [3.05, 3.63) is 35.9 Å². The second-order valence-electron chi connectivity index (χ2n) is 6.29. The van der Waals surface area contributed by atoms with Gasteiger partial charge in [-0.1, -0.05) is 44.2 Å². The van der Waals surface area contributed by atoms with Gasteiger partial charge in [0, 0.05) is 6.92 Å². The molecule has 0 aliphatic heterocycles. The summed E-state index contributed by atoms with van der Waals surface area (Å²) in [6.07, 6.45) is 0.0214. The molecule has 0 radical (unpaired) electrons. The van der Waals surface area contributed by atoms with Crippen molar-refractivity contribution in [3.8, 4) is 0 Å². The molecule has 2 N–H and O–H groups in total. The molecule has 0 aliphatic carbocycles. The van der Waals surface area contributed by atoms with Gasteiger partial charge in [-0.2, -0.15) is 0 Å². The summed E-state index contributed by atoms with van der Waals surface area (Å²) in [5, 5.41) is 20.2. The number of esters is 2. The van der Waals surface area contributed by atoms with Crippen LogP contribution in [-0.2, 0) is 30.5 Å². The van der Waals surface area contributed by atoms with Crippen molar-refractivity contribution in [1.82, 2.24) is 0 Å². The molecule has 0 heterocycles. The third-order valence-electron chi connectivity index (χ3n) is 3.64. The van der Waals surface area contributed by atoms with Crippen LogP contribution in [0.3, 0.4) is 0 Å². The van der Waals surface area contributed by atoms with Crippen LogP contribution in [0.25, 0.3) is 0 Å². The summed E-state index contributed by atoms with van der Waals surface area (Å²) in [7, 11) is 0. The minimum atomic E-state index is -2.46. The van der Waals surface area contributed by atoms with Gasteiger partial charge in [0.25, 0.3) is 0 Å². The zero-order valence-corrected chi connectivity index (χ0v) is 14.6. The van der Waals surface area contributed by atoms with E-state index in [1.165, 1.54) is 0 Å². The van der Waals surface area contributed by atoms with Crippen LogP contribution in [0.1, 0.15) is 32.8 Å². The van der Waals surface area contributed by atoms with E-state index in [0.717, 1.165) is 6.92 Å². The summed E-state index contributed by atoms with van der Waals surface area (Å²) >= 11 is 0. The van der Waals surface area contributed by atoms with Crippen molar-refractivity contribution in [1.29, 1.82) is 0 Å². The number of carboxylic acid groups (broad SMARTS) is 1. The average Bonchev–Trinajstić information content (AvgIpc) is 2.55. The highest BCUT2D eigenvalue weighted by Crippen LogP contribution is 2.28. The third-order valence-corrected chi connectivity index (χ3v) is 3.64. The predicted octanol–water partition coefficient (Wildman–Crippen LogP) is 1.77. The highest BCUT2D eigenvalue weighted by molar-refractivity contribution is 5.87. The van der Waals surface area contributed by atoms with Gasteiger partial charge in [-0.05, 0) is 17.9 Å². The Morgan fingerprint density at radius 1 is 1.12 bits per heavy atom. The molecule has 0 fully saturated rings. The first-order valence-electron chi connectivity index (χ1n) is 7.96. The van der Waals surface area contributed by atoms with Crippen molar-refractivity contribution in [3.63, 3.8) is 0 Å². The first-order valence-corrected chi connectivity index (χ1v) is 7.96. The number of carbonyl (C=O) groups excluding carboxylic acids is 2. The molecule has 1 unspecified atom stereocenters. The molecule has 138 valence electrons. The van der Waals surface area contributed by atoms with Crippen LogP contribution in [0.2, 0.25) is 0 Å². The lowest BCUT2D eigenvalue weighted by atomic mass is 9.82. The van der Waals surface area contributed by atoms with Gasteiger partial charge in [-0.25, -0.2) is 4.79 Å². The fourth-order valence-corrected chi connectivity index (χ4v) is 2.33.